The Morgan fingerprint density at radius 3 is 2.33 bits per heavy atom. The molecule has 6 heteroatoms. The highest BCUT2D eigenvalue weighted by Gasteiger charge is 2.33. The smallest absolute Gasteiger partial charge is 0.418 e. The van der Waals surface area contributed by atoms with Crippen LogP contribution in [0.4, 0.5) is 18.9 Å². The van der Waals surface area contributed by atoms with Crippen molar-refractivity contribution >= 4 is 5.69 Å². The van der Waals surface area contributed by atoms with Crippen molar-refractivity contribution in [2.45, 2.75) is 12.7 Å². The molecule has 108 valence electrons. The van der Waals surface area contributed by atoms with Gasteiger partial charge in [0.05, 0.1) is 17.2 Å². The van der Waals surface area contributed by atoms with Gasteiger partial charge in [0.15, 0.2) is 0 Å². The maximum absolute atomic E-state index is 13.0. The van der Waals surface area contributed by atoms with Gasteiger partial charge >= 0.3 is 6.18 Å². The number of alkyl halides is 3. The average Bonchev–Trinajstić information content (AvgIpc) is 2.45. The second-order valence-corrected chi connectivity index (χ2v) is 4.39. The fourth-order valence-corrected chi connectivity index (χ4v) is 1.81. The first-order valence-electron chi connectivity index (χ1n) is 6.03. The van der Waals surface area contributed by atoms with Gasteiger partial charge in [0.2, 0.25) is 0 Å². The van der Waals surface area contributed by atoms with Crippen LogP contribution in [0.15, 0.2) is 42.5 Å². The van der Waals surface area contributed by atoms with Gasteiger partial charge in [-0.2, -0.15) is 18.4 Å². The van der Waals surface area contributed by atoms with Crippen molar-refractivity contribution in [3.8, 4) is 11.8 Å². The van der Waals surface area contributed by atoms with Gasteiger partial charge in [0.1, 0.15) is 5.75 Å². The summed E-state index contributed by atoms with van der Waals surface area (Å²) in [6, 6.07) is 11.2. The Balaban J connectivity index is 2.23. The molecule has 2 aromatic rings. The summed E-state index contributed by atoms with van der Waals surface area (Å²) in [6.07, 6.45) is -4.54. The number of rotatable bonds is 3. The van der Waals surface area contributed by atoms with Gasteiger partial charge in [0.25, 0.3) is 0 Å². The summed E-state index contributed by atoms with van der Waals surface area (Å²) in [4.78, 5) is 0. The van der Waals surface area contributed by atoms with Gasteiger partial charge < -0.3 is 10.4 Å². The van der Waals surface area contributed by atoms with Crippen LogP contribution in [0.5, 0.6) is 5.75 Å². The van der Waals surface area contributed by atoms with Crippen molar-refractivity contribution in [1.29, 1.82) is 5.26 Å². The number of hydrogen-bond donors (Lipinski definition) is 2. The minimum atomic E-state index is -4.54. The second-order valence-electron chi connectivity index (χ2n) is 4.39. The van der Waals surface area contributed by atoms with Crippen molar-refractivity contribution in [3.63, 3.8) is 0 Å². The molecule has 0 aromatic heterocycles. The molecule has 0 radical (unpaired) electrons. The van der Waals surface area contributed by atoms with Crippen LogP contribution < -0.4 is 5.32 Å². The third-order valence-electron chi connectivity index (χ3n) is 2.87. The maximum atomic E-state index is 13.0. The van der Waals surface area contributed by atoms with Crippen LogP contribution >= 0.6 is 0 Å². The first-order valence-corrected chi connectivity index (χ1v) is 6.03. The molecule has 0 amide bonds. The lowest BCUT2D eigenvalue weighted by Gasteiger charge is -2.15. The molecule has 0 fully saturated rings. The van der Waals surface area contributed by atoms with E-state index in [4.69, 9.17) is 10.4 Å². The Bertz CT molecular complexity index is 673. The summed E-state index contributed by atoms with van der Waals surface area (Å²) in [5, 5.41) is 20.5. The first-order chi connectivity index (χ1) is 9.90. The molecule has 0 aliphatic heterocycles. The summed E-state index contributed by atoms with van der Waals surface area (Å²) in [5.74, 6) is 0.0908. The van der Waals surface area contributed by atoms with E-state index < -0.39 is 11.7 Å². The Morgan fingerprint density at radius 2 is 1.76 bits per heavy atom. The van der Waals surface area contributed by atoms with Gasteiger partial charge in [0, 0.05) is 12.2 Å². The van der Waals surface area contributed by atoms with E-state index in [-0.39, 0.29) is 23.5 Å². The molecular weight excluding hydrogens is 281 g/mol. The monoisotopic (exact) mass is 292 g/mol. The van der Waals surface area contributed by atoms with E-state index in [1.54, 1.807) is 18.2 Å². The Kier molecular flexibility index (Phi) is 4.03. The van der Waals surface area contributed by atoms with Crippen LogP contribution in [0.25, 0.3) is 0 Å². The molecule has 2 N–H and O–H groups in total. The highest BCUT2D eigenvalue weighted by Crippen LogP contribution is 2.35. The van der Waals surface area contributed by atoms with Crippen LogP contribution in [0.2, 0.25) is 0 Å². The second kappa shape index (κ2) is 5.75. The molecule has 0 aliphatic rings. The topological polar surface area (TPSA) is 56.0 Å². The van der Waals surface area contributed by atoms with Gasteiger partial charge in [-0.05, 0) is 35.9 Å². The van der Waals surface area contributed by atoms with Crippen molar-refractivity contribution < 1.29 is 18.3 Å². The van der Waals surface area contributed by atoms with Crippen LogP contribution in [-0.2, 0) is 12.7 Å². The minimum Gasteiger partial charge on any atom is -0.508 e. The molecule has 0 atom stereocenters. The summed E-state index contributed by atoms with van der Waals surface area (Å²) >= 11 is 0. The summed E-state index contributed by atoms with van der Waals surface area (Å²) in [5.41, 5.74) is -0.280. The molecule has 2 rings (SSSR count). The van der Waals surface area contributed by atoms with Gasteiger partial charge in [-0.1, -0.05) is 12.1 Å². The van der Waals surface area contributed by atoms with Crippen molar-refractivity contribution in [3.05, 3.63) is 59.2 Å². The Morgan fingerprint density at radius 1 is 1.10 bits per heavy atom. The van der Waals surface area contributed by atoms with E-state index in [0.29, 0.717) is 0 Å². The zero-order chi connectivity index (χ0) is 15.5. The number of nitrogens with one attached hydrogen (secondary N) is 1. The lowest BCUT2D eigenvalue weighted by molar-refractivity contribution is -0.137. The molecule has 3 nitrogen and oxygen atoms in total. The molecule has 0 saturated heterocycles. The zero-order valence-electron chi connectivity index (χ0n) is 10.8. The number of hydrogen-bond acceptors (Lipinski definition) is 3. The van der Waals surface area contributed by atoms with Crippen LogP contribution in [0.3, 0.4) is 0 Å². The number of phenols is 1. The molecular formula is C15H11F3N2O. The molecule has 0 unspecified atom stereocenters. The number of aromatic hydroxyl groups is 1. The van der Waals surface area contributed by atoms with Crippen molar-refractivity contribution in [2.24, 2.45) is 0 Å². The van der Waals surface area contributed by atoms with Crippen LogP contribution in [-0.4, -0.2) is 5.11 Å². The predicted octanol–water partition coefficient (Wildman–Crippen LogP) is 3.89. The quantitative estimate of drug-likeness (QED) is 0.902. The molecule has 0 spiro atoms. The maximum Gasteiger partial charge on any atom is 0.418 e. The molecule has 21 heavy (non-hydrogen) atoms. The molecule has 0 bridgehead atoms. The van der Waals surface area contributed by atoms with E-state index in [9.17, 15) is 13.2 Å². The summed E-state index contributed by atoms with van der Waals surface area (Å²) in [6.45, 7) is 0.176. The largest absolute Gasteiger partial charge is 0.508 e. The van der Waals surface area contributed by atoms with E-state index in [0.717, 1.165) is 11.6 Å². The predicted molar refractivity (Wildman–Crippen MR) is 71.6 cm³/mol. The Labute approximate surface area is 119 Å². The lowest BCUT2D eigenvalue weighted by atomic mass is 10.1. The zero-order valence-corrected chi connectivity index (χ0v) is 10.8. The third kappa shape index (κ3) is 3.66. The molecule has 2 aromatic carbocycles. The van der Waals surface area contributed by atoms with Gasteiger partial charge in [-0.25, -0.2) is 0 Å². The molecule has 0 saturated carbocycles. The molecule has 0 heterocycles. The number of nitrogens with zero attached hydrogens (tertiary/aromatic N) is 1. The number of nitriles is 1. The van der Waals surface area contributed by atoms with Gasteiger partial charge in [-0.3, -0.25) is 0 Å². The minimum absolute atomic E-state index is 0.0440. The SMILES string of the molecule is N#Cc1ccc(NCc2ccc(O)cc2)c(C(F)(F)F)c1. The summed E-state index contributed by atoms with van der Waals surface area (Å²) < 4.78 is 38.9. The van der Waals surface area contributed by atoms with Crippen LogP contribution in [0.1, 0.15) is 16.7 Å². The average molecular weight is 292 g/mol. The highest BCUT2D eigenvalue weighted by molar-refractivity contribution is 5.56. The van der Waals surface area contributed by atoms with E-state index in [1.807, 2.05) is 0 Å². The highest BCUT2D eigenvalue weighted by atomic mass is 19.4. The fraction of sp³-hybridized carbons (Fsp3) is 0.133. The molecule has 0 aliphatic carbocycles. The first kappa shape index (κ1) is 14.7. The van der Waals surface area contributed by atoms with E-state index in [2.05, 4.69) is 5.32 Å². The number of phenolic OH excluding ortho intramolecular Hbond substituents is 1. The van der Waals surface area contributed by atoms with E-state index in [1.165, 1.54) is 24.3 Å². The number of anilines is 1. The normalized spacial score (nSPS) is 11.0. The van der Waals surface area contributed by atoms with Crippen molar-refractivity contribution in [2.75, 3.05) is 5.32 Å². The number of halogens is 3. The summed E-state index contributed by atoms with van der Waals surface area (Å²) in [7, 11) is 0. The van der Waals surface area contributed by atoms with E-state index >= 15 is 0 Å². The lowest BCUT2D eigenvalue weighted by Crippen LogP contribution is -2.11. The van der Waals surface area contributed by atoms with Crippen molar-refractivity contribution in [1.82, 2.24) is 0 Å². The standard InChI is InChI=1S/C15H11F3N2O/c16-15(17,18)13-7-11(8-19)3-6-14(13)20-9-10-1-4-12(21)5-2-10/h1-7,20-21H,9H2. The van der Waals surface area contributed by atoms with Gasteiger partial charge in [-0.15, -0.1) is 0 Å². The number of benzene rings is 2. The fourth-order valence-electron chi connectivity index (χ4n) is 1.81. The van der Waals surface area contributed by atoms with Crippen LogP contribution in [0, 0.1) is 11.3 Å². The third-order valence-corrected chi connectivity index (χ3v) is 2.87. The Hall–Kier alpha value is -2.68.